The summed E-state index contributed by atoms with van der Waals surface area (Å²) in [6.45, 7) is 12.9. The third kappa shape index (κ3) is 3.01. The summed E-state index contributed by atoms with van der Waals surface area (Å²) < 4.78 is 4.79. The van der Waals surface area contributed by atoms with Crippen LogP contribution in [0.1, 0.15) is 67.2 Å². The highest BCUT2D eigenvalue weighted by molar-refractivity contribution is 5.73. The molecule has 0 aromatic heterocycles. The van der Waals surface area contributed by atoms with Crippen molar-refractivity contribution in [2.24, 2.45) is 5.92 Å². The van der Waals surface area contributed by atoms with Gasteiger partial charge >= 0.3 is 5.97 Å². The largest absolute Gasteiger partial charge is 0.467 e. The van der Waals surface area contributed by atoms with Gasteiger partial charge in [-0.15, -0.1) is 0 Å². The first kappa shape index (κ1) is 17.4. The van der Waals surface area contributed by atoms with E-state index in [4.69, 9.17) is 9.57 Å². The van der Waals surface area contributed by atoms with Crippen molar-refractivity contribution >= 4 is 5.97 Å². The van der Waals surface area contributed by atoms with Crippen LogP contribution in [0, 0.1) is 5.92 Å². The number of piperidine rings is 1. The summed E-state index contributed by atoms with van der Waals surface area (Å²) in [6.07, 6.45) is 3.72. The molecule has 0 spiro atoms. The fourth-order valence-electron chi connectivity index (χ4n) is 3.18. The zero-order valence-electron chi connectivity index (χ0n) is 14.2. The first-order valence-corrected chi connectivity index (χ1v) is 7.80. The van der Waals surface area contributed by atoms with Crippen LogP contribution >= 0.6 is 0 Å². The summed E-state index contributed by atoms with van der Waals surface area (Å²) in [7, 11) is 1.40. The molecular formula is C16H31NO3. The molecule has 0 radical (unpaired) electrons. The van der Waals surface area contributed by atoms with E-state index in [0.717, 1.165) is 19.3 Å². The molecule has 20 heavy (non-hydrogen) atoms. The Kier molecular flexibility index (Phi) is 5.61. The molecule has 0 aliphatic carbocycles. The van der Waals surface area contributed by atoms with Crippen LogP contribution in [0.3, 0.4) is 0 Å². The average Bonchev–Trinajstić information content (AvgIpc) is 2.46. The smallest absolute Gasteiger partial charge is 0.336 e. The Balaban J connectivity index is 3.06. The Labute approximate surface area is 123 Å². The lowest BCUT2D eigenvalue weighted by molar-refractivity contribution is -0.319. The lowest BCUT2D eigenvalue weighted by Crippen LogP contribution is -2.64. The van der Waals surface area contributed by atoms with Gasteiger partial charge in [-0.05, 0) is 52.4 Å². The molecule has 1 rings (SSSR count). The summed E-state index contributed by atoms with van der Waals surface area (Å²) in [4.78, 5) is 17.8. The maximum Gasteiger partial charge on any atom is 0.336 e. The third-order valence-corrected chi connectivity index (χ3v) is 5.41. The summed E-state index contributed by atoms with van der Waals surface area (Å²) in [5.41, 5.74) is -0.0785. The molecule has 1 saturated heterocycles. The minimum absolute atomic E-state index is 0.0282. The van der Waals surface area contributed by atoms with Crippen LogP contribution in [0.25, 0.3) is 0 Å². The second-order valence-electron chi connectivity index (χ2n) is 6.57. The van der Waals surface area contributed by atoms with Crippen LogP contribution in [0.4, 0.5) is 0 Å². The molecular weight excluding hydrogens is 254 g/mol. The van der Waals surface area contributed by atoms with Crippen LogP contribution in [-0.4, -0.2) is 35.3 Å². The van der Waals surface area contributed by atoms with Crippen LogP contribution < -0.4 is 0 Å². The fraction of sp³-hybridized carbons (Fsp3) is 0.938. The van der Waals surface area contributed by atoms with Crippen molar-refractivity contribution in [2.75, 3.05) is 7.11 Å². The van der Waals surface area contributed by atoms with Gasteiger partial charge in [0.25, 0.3) is 0 Å². The second kappa shape index (κ2) is 6.44. The van der Waals surface area contributed by atoms with Crippen molar-refractivity contribution in [3.8, 4) is 0 Å². The van der Waals surface area contributed by atoms with E-state index in [0.29, 0.717) is 5.92 Å². The second-order valence-corrected chi connectivity index (χ2v) is 6.57. The number of methoxy groups -OCH3 is 1. The van der Waals surface area contributed by atoms with Crippen LogP contribution in [0.2, 0.25) is 0 Å². The van der Waals surface area contributed by atoms with Gasteiger partial charge in [-0.3, -0.25) is 4.84 Å². The van der Waals surface area contributed by atoms with Crippen LogP contribution in [0.15, 0.2) is 0 Å². The summed E-state index contributed by atoms with van der Waals surface area (Å²) >= 11 is 0. The van der Waals surface area contributed by atoms with Crippen molar-refractivity contribution in [3.05, 3.63) is 0 Å². The van der Waals surface area contributed by atoms with Crippen molar-refractivity contribution < 1.29 is 14.4 Å². The maximum atomic E-state index is 11.7. The Morgan fingerprint density at radius 3 is 2.40 bits per heavy atom. The normalized spacial score (nSPS) is 36.6. The van der Waals surface area contributed by atoms with Gasteiger partial charge in [0.05, 0.1) is 7.11 Å². The SMILES string of the molecule is CCC1(C)CCC(C)C(C)(CC)N1OC(C)C(=O)OC. The van der Waals surface area contributed by atoms with E-state index in [2.05, 4.69) is 39.7 Å². The Hall–Kier alpha value is -0.610. The van der Waals surface area contributed by atoms with E-state index in [-0.39, 0.29) is 17.0 Å². The monoisotopic (exact) mass is 285 g/mol. The van der Waals surface area contributed by atoms with Crippen LogP contribution in [0.5, 0.6) is 0 Å². The average molecular weight is 285 g/mol. The van der Waals surface area contributed by atoms with E-state index in [1.165, 1.54) is 13.5 Å². The van der Waals surface area contributed by atoms with Gasteiger partial charge in [-0.25, -0.2) is 4.79 Å². The molecule has 0 saturated carbocycles. The first-order chi connectivity index (χ1) is 9.25. The van der Waals surface area contributed by atoms with E-state index in [1.54, 1.807) is 6.92 Å². The number of hydrogen-bond donors (Lipinski definition) is 0. The first-order valence-electron chi connectivity index (χ1n) is 7.80. The highest BCUT2D eigenvalue weighted by atomic mass is 16.7. The summed E-state index contributed by atoms with van der Waals surface area (Å²) in [6, 6.07) is 0. The predicted octanol–water partition coefficient (Wildman–Crippen LogP) is 3.55. The van der Waals surface area contributed by atoms with Crippen molar-refractivity contribution in [2.45, 2.75) is 84.4 Å². The minimum atomic E-state index is -0.568. The molecule has 4 unspecified atom stereocenters. The van der Waals surface area contributed by atoms with Crippen molar-refractivity contribution in [1.82, 2.24) is 5.06 Å². The minimum Gasteiger partial charge on any atom is -0.467 e. The molecule has 1 aliphatic heterocycles. The zero-order valence-corrected chi connectivity index (χ0v) is 14.2. The molecule has 118 valence electrons. The fourth-order valence-corrected chi connectivity index (χ4v) is 3.18. The van der Waals surface area contributed by atoms with Crippen LogP contribution in [-0.2, 0) is 14.4 Å². The molecule has 4 atom stereocenters. The van der Waals surface area contributed by atoms with E-state index in [9.17, 15) is 4.79 Å². The lowest BCUT2D eigenvalue weighted by atomic mass is 9.71. The van der Waals surface area contributed by atoms with Gasteiger partial charge in [0, 0.05) is 11.1 Å². The number of carbonyl (C=O) groups is 1. The number of nitrogens with zero attached hydrogens (tertiary/aromatic N) is 1. The van der Waals surface area contributed by atoms with E-state index >= 15 is 0 Å². The molecule has 1 aliphatic rings. The number of esters is 1. The van der Waals surface area contributed by atoms with Crippen molar-refractivity contribution in [1.29, 1.82) is 0 Å². The Morgan fingerprint density at radius 2 is 1.95 bits per heavy atom. The topological polar surface area (TPSA) is 38.8 Å². The molecule has 4 nitrogen and oxygen atoms in total. The summed E-state index contributed by atoms with van der Waals surface area (Å²) in [5.74, 6) is 0.220. The van der Waals surface area contributed by atoms with Gasteiger partial charge in [0.1, 0.15) is 0 Å². The molecule has 0 amide bonds. The highest BCUT2D eigenvalue weighted by Crippen LogP contribution is 2.45. The van der Waals surface area contributed by atoms with E-state index in [1.807, 2.05) is 0 Å². The molecule has 0 aromatic rings. The number of hydrogen-bond acceptors (Lipinski definition) is 4. The van der Waals surface area contributed by atoms with Gasteiger partial charge in [-0.2, -0.15) is 5.06 Å². The highest BCUT2D eigenvalue weighted by Gasteiger charge is 2.50. The zero-order chi connectivity index (χ0) is 15.6. The number of rotatable bonds is 5. The molecule has 4 heteroatoms. The van der Waals surface area contributed by atoms with Gasteiger partial charge in [-0.1, -0.05) is 20.8 Å². The Bertz CT molecular complexity index is 347. The number of ether oxygens (including phenoxy) is 1. The number of carbonyl (C=O) groups excluding carboxylic acids is 1. The molecule has 0 N–H and O–H groups in total. The molecule has 1 fully saturated rings. The summed E-state index contributed by atoms with van der Waals surface area (Å²) in [5, 5.41) is 2.11. The lowest BCUT2D eigenvalue weighted by Gasteiger charge is -2.57. The predicted molar refractivity (Wildman–Crippen MR) is 80.2 cm³/mol. The Morgan fingerprint density at radius 1 is 1.35 bits per heavy atom. The molecule has 0 bridgehead atoms. The van der Waals surface area contributed by atoms with E-state index < -0.39 is 6.10 Å². The quantitative estimate of drug-likeness (QED) is 0.724. The maximum absolute atomic E-state index is 11.7. The third-order valence-electron chi connectivity index (χ3n) is 5.41. The van der Waals surface area contributed by atoms with Crippen molar-refractivity contribution in [3.63, 3.8) is 0 Å². The van der Waals surface area contributed by atoms with Gasteiger partial charge in [0.2, 0.25) is 0 Å². The van der Waals surface area contributed by atoms with Gasteiger partial charge < -0.3 is 4.74 Å². The number of hydroxylamine groups is 2. The standard InChI is InChI=1S/C16H31NO3/c1-8-15(5)11-10-12(3)16(6,9-2)17(15)20-13(4)14(18)19-7/h12-13H,8-11H2,1-7H3. The molecule has 0 aromatic carbocycles. The molecule has 1 heterocycles. The van der Waals surface area contributed by atoms with Gasteiger partial charge in [0.15, 0.2) is 6.10 Å².